The molecule has 5 nitrogen and oxygen atoms in total. The Labute approximate surface area is 120 Å². The molecule has 1 aromatic rings. The van der Waals surface area contributed by atoms with Crippen molar-refractivity contribution in [1.82, 2.24) is 15.6 Å². The molecule has 0 aromatic carbocycles. The first-order chi connectivity index (χ1) is 9.30. The molecule has 0 aliphatic rings. The fourth-order valence-corrected chi connectivity index (χ4v) is 1.49. The molecule has 1 atom stereocenters. The third-order valence-corrected chi connectivity index (χ3v) is 2.83. The van der Waals surface area contributed by atoms with E-state index in [0.29, 0.717) is 13.0 Å². The molecule has 0 saturated carbocycles. The van der Waals surface area contributed by atoms with Gasteiger partial charge < -0.3 is 10.6 Å². The van der Waals surface area contributed by atoms with Gasteiger partial charge in [-0.25, -0.2) is 0 Å². The van der Waals surface area contributed by atoms with Gasteiger partial charge in [-0.3, -0.25) is 14.6 Å². The van der Waals surface area contributed by atoms with Gasteiger partial charge >= 0.3 is 0 Å². The second kappa shape index (κ2) is 7.03. The molecule has 0 saturated heterocycles. The summed E-state index contributed by atoms with van der Waals surface area (Å²) >= 11 is 0. The molecule has 20 heavy (non-hydrogen) atoms. The fourth-order valence-electron chi connectivity index (χ4n) is 1.49. The molecule has 0 spiro atoms. The van der Waals surface area contributed by atoms with E-state index in [2.05, 4.69) is 15.6 Å². The largest absolute Gasteiger partial charge is 0.354 e. The molecular formula is C15H23N3O2. The molecule has 0 bridgehead atoms. The number of nitrogens with one attached hydrogen (secondary N) is 2. The van der Waals surface area contributed by atoms with Crippen LogP contribution in [0.25, 0.3) is 0 Å². The van der Waals surface area contributed by atoms with Crippen molar-refractivity contribution in [2.75, 3.05) is 6.54 Å². The Morgan fingerprint density at radius 1 is 1.30 bits per heavy atom. The summed E-state index contributed by atoms with van der Waals surface area (Å²) < 4.78 is 0. The van der Waals surface area contributed by atoms with E-state index < -0.39 is 11.5 Å². The van der Waals surface area contributed by atoms with E-state index in [1.54, 1.807) is 13.1 Å². The number of hydrogen-bond donors (Lipinski definition) is 2. The van der Waals surface area contributed by atoms with Crippen LogP contribution in [0.5, 0.6) is 0 Å². The SMILES string of the molecule is CC(NC(=O)C(C)(C)C)C(=O)NCCc1ccccn1. The maximum absolute atomic E-state index is 11.8. The number of carbonyl (C=O) groups is 2. The molecule has 5 heteroatoms. The molecule has 110 valence electrons. The molecule has 0 fully saturated rings. The highest BCUT2D eigenvalue weighted by atomic mass is 16.2. The van der Waals surface area contributed by atoms with Gasteiger partial charge in [-0.05, 0) is 19.1 Å². The van der Waals surface area contributed by atoms with E-state index in [1.165, 1.54) is 0 Å². The molecule has 2 amide bonds. The van der Waals surface area contributed by atoms with Crippen molar-refractivity contribution in [3.05, 3.63) is 30.1 Å². The number of pyridine rings is 1. The van der Waals surface area contributed by atoms with Gasteiger partial charge in [0.25, 0.3) is 0 Å². The predicted molar refractivity (Wildman–Crippen MR) is 78.0 cm³/mol. The minimum atomic E-state index is -0.537. The van der Waals surface area contributed by atoms with Gasteiger partial charge in [-0.2, -0.15) is 0 Å². The highest BCUT2D eigenvalue weighted by Crippen LogP contribution is 2.12. The molecule has 1 heterocycles. The molecule has 1 aromatic heterocycles. The van der Waals surface area contributed by atoms with Gasteiger partial charge in [-0.1, -0.05) is 26.8 Å². The van der Waals surface area contributed by atoms with Crippen molar-refractivity contribution in [2.24, 2.45) is 5.41 Å². The number of hydrogen-bond acceptors (Lipinski definition) is 3. The lowest BCUT2D eigenvalue weighted by Crippen LogP contribution is -2.48. The second-order valence-corrected chi connectivity index (χ2v) is 5.81. The lowest BCUT2D eigenvalue weighted by Gasteiger charge is -2.21. The van der Waals surface area contributed by atoms with Crippen molar-refractivity contribution >= 4 is 11.8 Å². The van der Waals surface area contributed by atoms with Crippen molar-refractivity contribution < 1.29 is 9.59 Å². The van der Waals surface area contributed by atoms with Gasteiger partial charge in [0.15, 0.2) is 0 Å². The number of rotatable bonds is 5. The Hall–Kier alpha value is -1.91. The number of nitrogens with zero attached hydrogens (tertiary/aromatic N) is 1. The van der Waals surface area contributed by atoms with Crippen molar-refractivity contribution in [2.45, 2.75) is 40.2 Å². The maximum atomic E-state index is 11.8. The Morgan fingerprint density at radius 3 is 2.55 bits per heavy atom. The zero-order valence-electron chi connectivity index (χ0n) is 12.6. The molecule has 0 aliphatic heterocycles. The van der Waals surface area contributed by atoms with E-state index in [9.17, 15) is 9.59 Å². The molecular weight excluding hydrogens is 254 g/mol. The third kappa shape index (κ3) is 5.38. The Bertz CT molecular complexity index is 452. The zero-order chi connectivity index (χ0) is 15.2. The summed E-state index contributed by atoms with van der Waals surface area (Å²) in [6, 6.07) is 5.14. The highest BCUT2D eigenvalue weighted by molar-refractivity contribution is 5.89. The van der Waals surface area contributed by atoms with Crippen molar-refractivity contribution in [3.8, 4) is 0 Å². The maximum Gasteiger partial charge on any atom is 0.242 e. The summed E-state index contributed by atoms with van der Waals surface area (Å²) in [5.74, 6) is -0.316. The topological polar surface area (TPSA) is 71.1 Å². The van der Waals surface area contributed by atoms with Crippen LogP contribution in [-0.2, 0) is 16.0 Å². The lowest BCUT2D eigenvalue weighted by atomic mass is 9.95. The number of carbonyl (C=O) groups excluding carboxylic acids is 2. The standard InChI is InChI=1S/C15H23N3O2/c1-11(18-14(20)15(2,3)4)13(19)17-10-8-12-7-5-6-9-16-12/h5-7,9,11H,8,10H2,1-4H3,(H,17,19)(H,18,20). The van der Waals surface area contributed by atoms with Gasteiger partial charge in [-0.15, -0.1) is 0 Å². The highest BCUT2D eigenvalue weighted by Gasteiger charge is 2.24. The van der Waals surface area contributed by atoms with Crippen molar-refractivity contribution in [3.63, 3.8) is 0 Å². The molecule has 1 unspecified atom stereocenters. The average Bonchev–Trinajstić information content (AvgIpc) is 2.38. The molecule has 2 N–H and O–H groups in total. The third-order valence-electron chi connectivity index (χ3n) is 2.83. The van der Waals surface area contributed by atoms with E-state index in [-0.39, 0.29) is 11.8 Å². The normalized spacial score (nSPS) is 12.6. The van der Waals surface area contributed by atoms with E-state index in [4.69, 9.17) is 0 Å². The van der Waals surface area contributed by atoms with E-state index in [1.807, 2.05) is 39.0 Å². The fraction of sp³-hybridized carbons (Fsp3) is 0.533. The van der Waals surface area contributed by atoms with Crippen LogP contribution >= 0.6 is 0 Å². The Kier molecular flexibility index (Phi) is 5.67. The number of amides is 2. The van der Waals surface area contributed by atoms with Gasteiger partial charge in [0.05, 0.1) is 0 Å². The minimum Gasteiger partial charge on any atom is -0.354 e. The monoisotopic (exact) mass is 277 g/mol. The lowest BCUT2D eigenvalue weighted by molar-refractivity contribution is -0.133. The molecule has 0 aliphatic carbocycles. The van der Waals surface area contributed by atoms with Crippen LogP contribution in [0.3, 0.4) is 0 Å². The van der Waals surface area contributed by atoms with Gasteiger partial charge in [0.1, 0.15) is 6.04 Å². The minimum absolute atomic E-state index is 0.134. The van der Waals surface area contributed by atoms with E-state index in [0.717, 1.165) is 5.69 Å². The Morgan fingerprint density at radius 2 is 2.00 bits per heavy atom. The van der Waals surface area contributed by atoms with Crippen LogP contribution < -0.4 is 10.6 Å². The van der Waals surface area contributed by atoms with Crippen molar-refractivity contribution in [1.29, 1.82) is 0 Å². The predicted octanol–water partition coefficient (Wildman–Crippen LogP) is 1.29. The van der Waals surface area contributed by atoms with Gasteiger partial charge in [0, 0.05) is 30.3 Å². The summed E-state index contributed by atoms with van der Waals surface area (Å²) in [4.78, 5) is 27.8. The van der Waals surface area contributed by atoms with Crippen LogP contribution in [0.1, 0.15) is 33.4 Å². The van der Waals surface area contributed by atoms with Crippen LogP contribution in [0, 0.1) is 5.41 Å². The van der Waals surface area contributed by atoms with Crippen LogP contribution in [-0.4, -0.2) is 29.4 Å². The van der Waals surface area contributed by atoms with Gasteiger partial charge in [0.2, 0.25) is 11.8 Å². The van der Waals surface area contributed by atoms with Crippen LogP contribution in [0.4, 0.5) is 0 Å². The summed E-state index contributed by atoms with van der Waals surface area (Å²) in [5.41, 5.74) is 0.432. The smallest absolute Gasteiger partial charge is 0.242 e. The Balaban J connectivity index is 2.34. The first-order valence-electron chi connectivity index (χ1n) is 6.79. The molecule has 1 rings (SSSR count). The quantitative estimate of drug-likeness (QED) is 0.852. The summed E-state index contributed by atoms with van der Waals surface area (Å²) in [6.45, 7) is 7.63. The second-order valence-electron chi connectivity index (χ2n) is 5.81. The summed E-state index contributed by atoms with van der Waals surface area (Å²) in [5, 5.41) is 5.50. The first kappa shape index (κ1) is 16.1. The first-order valence-corrected chi connectivity index (χ1v) is 6.79. The number of aromatic nitrogens is 1. The average molecular weight is 277 g/mol. The van der Waals surface area contributed by atoms with Crippen LogP contribution in [0.2, 0.25) is 0 Å². The molecule has 0 radical (unpaired) electrons. The zero-order valence-corrected chi connectivity index (χ0v) is 12.6. The van der Waals surface area contributed by atoms with E-state index >= 15 is 0 Å². The summed E-state index contributed by atoms with van der Waals surface area (Å²) in [6.07, 6.45) is 2.40. The summed E-state index contributed by atoms with van der Waals surface area (Å²) in [7, 11) is 0. The van der Waals surface area contributed by atoms with Crippen LogP contribution in [0.15, 0.2) is 24.4 Å².